The number of amides is 1. The van der Waals surface area contributed by atoms with E-state index < -0.39 is 4.92 Å². The summed E-state index contributed by atoms with van der Waals surface area (Å²) in [4.78, 5) is 27.0. The van der Waals surface area contributed by atoms with Crippen LogP contribution in [0.15, 0.2) is 53.1 Å². The summed E-state index contributed by atoms with van der Waals surface area (Å²) in [6.45, 7) is 4.27. The molecule has 0 unspecified atom stereocenters. The van der Waals surface area contributed by atoms with Gasteiger partial charge in [0.1, 0.15) is 5.75 Å². The van der Waals surface area contributed by atoms with E-state index in [1.54, 1.807) is 6.20 Å². The number of nitrogens with one attached hydrogen (secondary N) is 1. The molecule has 0 aliphatic heterocycles. The number of aromatic nitrogens is 1. The number of benzene rings is 2. The number of hydrogen-bond acceptors (Lipinski definition) is 6. The summed E-state index contributed by atoms with van der Waals surface area (Å²) < 4.78 is 10.9. The molecule has 0 bridgehead atoms. The van der Waals surface area contributed by atoms with Gasteiger partial charge in [-0.2, -0.15) is 0 Å². The molecule has 8 heteroatoms. The van der Waals surface area contributed by atoms with Crippen molar-refractivity contribution in [3.63, 3.8) is 0 Å². The molecule has 0 fully saturated rings. The summed E-state index contributed by atoms with van der Waals surface area (Å²) in [5, 5.41) is 13.6. The summed E-state index contributed by atoms with van der Waals surface area (Å²) in [5.74, 6) is 1.56. The molecule has 0 aliphatic carbocycles. The molecule has 1 amide bonds. The standard InChI is InChI=1S/C22H23N3O5/c1-14(2)15-4-6-16(7-5-15)20-13-23-22(30-20)11-10-21(26)24-18-12-17(25(27)28)8-9-19(18)29-3/h4-9,12-14H,10-11H2,1-3H3,(H,24,26). The summed E-state index contributed by atoms with van der Waals surface area (Å²) in [5.41, 5.74) is 2.28. The van der Waals surface area contributed by atoms with Crippen LogP contribution in [0, 0.1) is 10.1 Å². The fourth-order valence-corrected chi connectivity index (χ4v) is 2.93. The van der Waals surface area contributed by atoms with Gasteiger partial charge in [-0.15, -0.1) is 0 Å². The van der Waals surface area contributed by atoms with Crippen molar-refractivity contribution in [1.82, 2.24) is 4.98 Å². The molecule has 30 heavy (non-hydrogen) atoms. The first-order chi connectivity index (χ1) is 14.4. The third kappa shape index (κ3) is 5.02. The van der Waals surface area contributed by atoms with Crippen molar-refractivity contribution < 1.29 is 18.9 Å². The van der Waals surface area contributed by atoms with Crippen LogP contribution in [-0.4, -0.2) is 22.9 Å². The quantitative estimate of drug-likeness (QED) is 0.416. The van der Waals surface area contributed by atoms with Crippen molar-refractivity contribution in [3.8, 4) is 17.1 Å². The zero-order valence-electron chi connectivity index (χ0n) is 17.0. The van der Waals surface area contributed by atoms with Gasteiger partial charge in [-0.3, -0.25) is 14.9 Å². The normalized spacial score (nSPS) is 10.8. The van der Waals surface area contributed by atoms with Crippen molar-refractivity contribution in [1.29, 1.82) is 0 Å². The second kappa shape index (κ2) is 9.21. The maximum atomic E-state index is 12.3. The largest absolute Gasteiger partial charge is 0.495 e. The minimum Gasteiger partial charge on any atom is -0.495 e. The molecule has 1 aromatic heterocycles. The van der Waals surface area contributed by atoms with Crippen LogP contribution in [0.4, 0.5) is 11.4 Å². The number of anilines is 1. The molecule has 1 N–H and O–H groups in total. The lowest BCUT2D eigenvalue weighted by molar-refractivity contribution is -0.384. The summed E-state index contributed by atoms with van der Waals surface area (Å²) >= 11 is 0. The zero-order valence-corrected chi connectivity index (χ0v) is 17.0. The van der Waals surface area contributed by atoms with Gasteiger partial charge < -0.3 is 14.5 Å². The average molecular weight is 409 g/mol. The molecule has 2 aromatic carbocycles. The number of nitro benzene ring substituents is 1. The third-order valence-electron chi connectivity index (χ3n) is 4.65. The number of methoxy groups -OCH3 is 1. The molecule has 0 spiro atoms. The van der Waals surface area contributed by atoms with E-state index in [-0.39, 0.29) is 23.7 Å². The Labute approximate surface area is 174 Å². The first-order valence-electron chi connectivity index (χ1n) is 9.54. The van der Waals surface area contributed by atoms with E-state index in [0.717, 1.165) is 5.56 Å². The first kappa shape index (κ1) is 21.0. The van der Waals surface area contributed by atoms with Crippen molar-refractivity contribution in [2.45, 2.75) is 32.6 Å². The van der Waals surface area contributed by atoms with E-state index in [4.69, 9.17) is 9.15 Å². The number of oxazole rings is 1. The highest BCUT2D eigenvalue weighted by Gasteiger charge is 2.15. The lowest BCUT2D eigenvalue weighted by atomic mass is 10.0. The topological polar surface area (TPSA) is 108 Å². The number of non-ortho nitro benzene ring substituents is 1. The Bertz CT molecular complexity index is 1040. The Balaban J connectivity index is 1.62. The van der Waals surface area contributed by atoms with E-state index >= 15 is 0 Å². The van der Waals surface area contributed by atoms with Gasteiger partial charge in [0, 0.05) is 30.5 Å². The van der Waals surface area contributed by atoms with Crippen molar-refractivity contribution in [3.05, 3.63) is 70.2 Å². The number of aryl methyl sites for hydroxylation is 1. The van der Waals surface area contributed by atoms with E-state index in [1.807, 2.05) is 12.1 Å². The fraction of sp³-hybridized carbons (Fsp3) is 0.273. The van der Waals surface area contributed by atoms with E-state index in [9.17, 15) is 14.9 Å². The van der Waals surface area contributed by atoms with E-state index in [0.29, 0.717) is 29.7 Å². The van der Waals surface area contributed by atoms with Gasteiger partial charge >= 0.3 is 0 Å². The SMILES string of the molecule is COc1ccc([N+](=O)[O-])cc1NC(=O)CCc1ncc(-c2ccc(C(C)C)cc2)o1. The van der Waals surface area contributed by atoms with Crippen LogP contribution in [-0.2, 0) is 11.2 Å². The smallest absolute Gasteiger partial charge is 0.271 e. The zero-order chi connectivity index (χ0) is 21.7. The van der Waals surface area contributed by atoms with Gasteiger partial charge in [0.05, 0.1) is 23.9 Å². The Morgan fingerprint density at radius 1 is 1.23 bits per heavy atom. The lowest BCUT2D eigenvalue weighted by Gasteiger charge is -2.09. The summed E-state index contributed by atoms with van der Waals surface area (Å²) in [6.07, 6.45) is 2.05. The van der Waals surface area contributed by atoms with Gasteiger partial charge in [0.15, 0.2) is 11.7 Å². The van der Waals surface area contributed by atoms with Crippen LogP contribution in [0.3, 0.4) is 0 Å². The predicted octanol–water partition coefficient (Wildman–Crippen LogP) is 4.95. The number of nitro groups is 1. The monoisotopic (exact) mass is 409 g/mol. The molecule has 3 rings (SSSR count). The van der Waals surface area contributed by atoms with Crippen LogP contribution in [0.25, 0.3) is 11.3 Å². The molecular formula is C22H23N3O5. The van der Waals surface area contributed by atoms with Crippen LogP contribution in [0.5, 0.6) is 5.75 Å². The molecule has 3 aromatic rings. The van der Waals surface area contributed by atoms with Gasteiger partial charge in [0.25, 0.3) is 5.69 Å². The number of hydrogen-bond donors (Lipinski definition) is 1. The van der Waals surface area contributed by atoms with E-state index in [2.05, 4.69) is 36.3 Å². The number of carbonyl (C=O) groups excluding carboxylic acids is 1. The van der Waals surface area contributed by atoms with Crippen LogP contribution in [0.1, 0.15) is 37.6 Å². The Morgan fingerprint density at radius 3 is 2.60 bits per heavy atom. The molecule has 1 heterocycles. The molecule has 0 radical (unpaired) electrons. The van der Waals surface area contributed by atoms with Crippen LogP contribution >= 0.6 is 0 Å². The van der Waals surface area contributed by atoms with Gasteiger partial charge in [-0.05, 0) is 17.5 Å². The minimum atomic E-state index is -0.531. The van der Waals surface area contributed by atoms with Crippen LogP contribution in [0.2, 0.25) is 0 Å². The maximum Gasteiger partial charge on any atom is 0.271 e. The second-order valence-corrected chi connectivity index (χ2v) is 7.08. The number of nitrogens with zero attached hydrogens (tertiary/aromatic N) is 2. The van der Waals surface area contributed by atoms with Crippen LogP contribution < -0.4 is 10.1 Å². The van der Waals surface area contributed by atoms with Crippen molar-refractivity contribution >= 4 is 17.3 Å². The average Bonchev–Trinajstić information content (AvgIpc) is 3.21. The molecule has 8 nitrogen and oxygen atoms in total. The fourth-order valence-electron chi connectivity index (χ4n) is 2.93. The molecule has 0 atom stereocenters. The molecule has 0 aliphatic rings. The molecular weight excluding hydrogens is 386 g/mol. The Morgan fingerprint density at radius 2 is 1.97 bits per heavy atom. The van der Waals surface area contributed by atoms with Gasteiger partial charge in [-0.1, -0.05) is 38.1 Å². The third-order valence-corrected chi connectivity index (χ3v) is 4.65. The molecule has 0 saturated heterocycles. The number of ether oxygens (including phenoxy) is 1. The van der Waals surface area contributed by atoms with E-state index in [1.165, 1.54) is 30.9 Å². The highest BCUT2D eigenvalue weighted by Crippen LogP contribution is 2.29. The Kier molecular flexibility index (Phi) is 6.46. The molecule has 156 valence electrons. The van der Waals surface area contributed by atoms with Crippen molar-refractivity contribution in [2.24, 2.45) is 0 Å². The number of carbonyl (C=O) groups is 1. The molecule has 0 saturated carbocycles. The lowest BCUT2D eigenvalue weighted by Crippen LogP contribution is -2.13. The minimum absolute atomic E-state index is 0.109. The van der Waals surface area contributed by atoms with Gasteiger partial charge in [-0.25, -0.2) is 4.98 Å². The van der Waals surface area contributed by atoms with Crippen molar-refractivity contribution in [2.75, 3.05) is 12.4 Å². The summed E-state index contributed by atoms with van der Waals surface area (Å²) in [7, 11) is 1.43. The first-order valence-corrected chi connectivity index (χ1v) is 9.54. The second-order valence-electron chi connectivity index (χ2n) is 7.08. The highest BCUT2D eigenvalue weighted by atomic mass is 16.6. The highest BCUT2D eigenvalue weighted by molar-refractivity contribution is 5.92. The Hall–Kier alpha value is -3.68. The summed E-state index contributed by atoms with van der Waals surface area (Å²) in [6, 6.07) is 12.1. The van der Waals surface area contributed by atoms with Gasteiger partial charge in [0.2, 0.25) is 5.91 Å². The number of rotatable bonds is 8. The predicted molar refractivity (Wildman–Crippen MR) is 113 cm³/mol. The maximum absolute atomic E-state index is 12.3.